The smallest absolute Gasteiger partial charge is 0.338 e. The Morgan fingerprint density at radius 3 is 2.71 bits per heavy atom. The Hall–Kier alpha value is -2.56. The molecule has 2 fully saturated rings. The van der Waals surface area contributed by atoms with Crippen LogP contribution < -0.4 is 14.9 Å². The molecular formula is C28H27BrN2O5S2. The van der Waals surface area contributed by atoms with Crippen molar-refractivity contribution in [2.45, 2.75) is 42.4 Å². The van der Waals surface area contributed by atoms with Gasteiger partial charge in [0, 0.05) is 31.8 Å². The van der Waals surface area contributed by atoms with Crippen LogP contribution in [0.3, 0.4) is 0 Å². The van der Waals surface area contributed by atoms with E-state index in [0.717, 1.165) is 19.9 Å². The van der Waals surface area contributed by atoms with Crippen LogP contribution in [-0.2, 0) is 9.53 Å². The Morgan fingerprint density at radius 1 is 1.13 bits per heavy atom. The lowest BCUT2D eigenvalue weighted by Gasteiger charge is -2.40. The van der Waals surface area contributed by atoms with E-state index in [1.807, 2.05) is 23.9 Å². The number of nitrogens with one attached hydrogen (secondary N) is 2. The highest BCUT2D eigenvalue weighted by Gasteiger charge is 2.55. The van der Waals surface area contributed by atoms with E-state index in [9.17, 15) is 14.4 Å². The second-order valence-electron chi connectivity index (χ2n) is 10.00. The summed E-state index contributed by atoms with van der Waals surface area (Å²) in [7, 11) is 0. The summed E-state index contributed by atoms with van der Waals surface area (Å²) in [5.74, 6) is 1.79. The van der Waals surface area contributed by atoms with Crippen LogP contribution in [-0.4, -0.2) is 35.3 Å². The van der Waals surface area contributed by atoms with Crippen LogP contribution in [0.4, 0.5) is 5.69 Å². The number of halogens is 1. The molecule has 0 spiro atoms. The van der Waals surface area contributed by atoms with Crippen LogP contribution in [0.25, 0.3) is 0 Å². The predicted octanol–water partition coefficient (Wildman–Crippen LogP) is 6.05. The molecule has 10 heteroatoms. The molecule has 2 heterocycles. The van der Waals surface area contributed by atoms with Gasteiger partial charge in [-0.3, -0.25) is 9.59 Å². The summed E-state index contributed by atoms with van der Waals surface area (Å²) in [5, 5.41) is 4.31. The van der Waals surface area contributed by atoms with E-state index in [4.69, 9.17) is 9.47 Å². The van der Waals surface area contributed by atoms with Crippen LogP contribution in [0.2, 0.25) is 0 Å². The van der Waals surface area contributed by atoms with Crippen molar-refractivity contribution >= 4 is 56.6 Å². The van der Waals surface area contributed by atoms with Gasteiger partial charge in [0.05, 0.1) is 17.2 Å². The molecule has 3 aliphatic rings. The standard InChI is InChI=1S/C28H27BrN2O5S2/c1-2-35-27(33)14-5-8-18(9-6-14)30-21(32)13-36-20-10-7-17(29)12-19(20)23-22-15-3-4-16(11-15)24(22)37-26-25(23)38-28(34)31-26/h5-10,12,15-16,22-24H,2-4,11,13H2,1H3,(H,30,32)(H,31,34)/t15?,16?,22?,23-,24?/m1/s1. The van der Waals surface area contributed by atoms with E-state index < -0.39 is 5.97 Å². The van der Waals surface area contributed by atoms with Gasteiger partial charge in [-0.05, 0) is 86.4 Å². The SMILES string of the molecule is CCOC(=O)c1ccc(NC(=O)COc2ccc(Br)cc2[C@H]2c3sc(=O)[nH]c3SC3C4CCC(C4)C32)cc1. The van der Waals surface area contributed by atoms with Crippen LogP contribution in [0.5, 0.6) is 5.75 Å². The molecule has 1 aromatic heterocycles. The van der Waals surface area contributed by atoms with E-state index in [0.29, 0.717) is 46.6 Å². The first kappa shape index (κ1) is 25.7. The van der Waals surface area contributed by atoms with Crippen LogP contribution in [0.15, 0.2) is 56.8 Å². The average Bonchev–Trinajstić information content (AvgIpc) is 3.61. The van der Waals surface area contributed by atoms with Crippen molar-refractivity contribution < 1.29 is 19.1 Å². The molecule has 2 bridgehead atoms. The molecule has 5 atom stereocenters. The molecule has 1 aliphatic heterocycles. The van der Waals surface area contributed by atoms with E-state index >= 15 is 0 Å². The minimum Gasteiger partial charge on any atom is -0.483 e. The van der Waals surface area contributed by atoms with Gasteiger partial charge in [-0.15, -0.1) is 11.8 Å². The molecule has 1 amide bonds. The van der Waals surface area contributed by atoms with Crippen molar-refractivity contribution in [2.75, 3.05) is 18.5 Å². The summed E-state index contributed by atoms with van der Waals surface area (Å²) < 4.78 is 12.1. The van der Waals surface area contributed by atoms with Gasteiger partial charge < -0.3 is 19.8 Å². The third-order valence-corrected chi connectivity index (χ3v) is 10.9. The van der Waals surface area contributed by atoms with Crippen LogP contribution >= 0.6 is 39.0 Å². The molecule has 0 radical (unpaired) electrons. The predicted molar refractivity (Wildman–Crippen MR) is 151 cm³/mol. The molecule has 2 N–H and O–H groups in total. The summed E-state index contributed by atoms with van der Waals surface area (Å²) in [6.07, 6.45) is 3.75. The van der Waals surface area contributed by atoms with Crippen molar-refractivity contribution in [3.63, 3.8) is 0 Å². The highest BCUT2D eigenvalue weighted by Crippen LogP contribution is 2.64. The number of rotatable bonds is 7. The summed E-state index contributed by atoms with van der Waals surface area (Å²) in [6, 6.07) is 12.5. The van der Waals surface area contributed by atoms with Crippen LogP contribution in [0.1, 0.15) is 52.9 Å². The van der Waals surface area contributed by atoms with Gasteiger partial charge in [-0.25, -0.2) is 4.79 Å². The minimum atomic E-state index is -0.397. The first-order valence-corrected chi connectivity index (χ1v) is 15.3. The lowest BCUT2D eigenvalue weighted by molar-refractivity contribution is -0.118. The summed E-state index contributed by atoms with van der Waals surface area (Å²) >= 11 is 6.79. The highest BCUT2D eigenvalue weighted by atomic mass is 79.9. The summed E-state index contributed by atoms with van der Waals surface area (Å²) in [4.78, 5) is 41.2. The molecule has 6 rings (SSSR count). The number of benzene rings is 2. The molecule has 38 heavy (non-hydrogen) atoms. The quantitative estimate of drug-likeness (QED) is 0.315. The fraction of sp³-hybridized carbons (Fsp3) is 0.393. The Kier molecular flexibility index (Phi) is 7.13. The average molecular weight is 616 g/mol. The zero-order valence-corrected chi connectivity index (χ0v) is 23.9. The fourth-order valence-corrected chi connectivity index (χ4v) is 9.60. The van der Waals surface area contributed by atoms with Gasteiger partial charge in [0.15, 0.2) is 6.61 Å². The zero-order valence-electron chi connectivity index (χ0n) is 20.7. The van der Waals surface area contributed by atoms with E-state index in [2.05, 4.69) is 32.3 Å². The highest BCUT2D eigenvalue weighted by molar-refractivity contribution is 9.10. The topological polar surface area (TPSA) is 97.5 Å². The van der Waals surface area contributed by atoms with Gasteiger partial charge in [0.25, 0.3) is 5.91 Å². The molecule has 198 valence electrons. The molecular weight excluding hydrogens is 588 g/mol. The Labute approximate surface area is 236 Å². The van der Waals surface area contributed by atoms with E-state index in [1.54, 1.807) is 31.2 Å². The Bertz CT molecular complexity index is 1440. The summed E-state index contributed by atoms with van der Waals surface area (Å²) in [6.45, 7) is 1.90. The third-order valence-electron chi connectivity index (χ3n) is 7.81. The molecule has 2 saturated carbocycles. The first-order valence-electron chi connectivity index (χ1n) is 12.8. The molecule has 2 aromatic carbocycles. The Morgan fingerprint density at radius 2 is 1.92 bits per heavy atom. The maximum Gasteiger partial charge on any atom is 0.338 e. The monoisotopic (exact) mass is 614 g/mol. The number of aromatic amines is 1. The molecule has 3 aromatic rings. The number of ether oxygens (including phenoxy) is 2. The maximum absolute atomic E-state index is 12.8. The van der Waals surface area contributed by atoms with Crippen molar-refractivity contribution in [3.05, 3.63) is 72.6 Å². The number of thiazole rings is 1. The first-order chi connectivity index (χ1) is 18.4. The number of carbonyl (C=O) groups excluding carboxylic acids is 2. The number of thioether (sulfide) groups is 1. The maximum atomic E-state index is 12.8. The molecule has 7 nitrogen and oxygen atoms in total. The van der Waals surface area contributed by atoms with Crippen molar-refractivity contribution in [1.29, 1.82) is 0 Å². The number of hydrogen-bond acceptors (Lipinski definition) is 7. The molecule has 2 aliphatic carbocycles. The van der Waals surface area contributed by atoms with Crippen LogP contribution in [0, 0.1) is 17.8 Å². The fourth-order valence-electron chi connectivity index (χ4n) is 6.34. The third kappa shape index (κ3) is 4.82. The number of fused-ring (bicyclic) bond motifs is 6. The van der Waals surface area contributed by atoms with Gasteiger partial charge >= 0.3 is 10.8 Å². The van der Waals surface area contributed by atoms with Crippen molar-refractivity contribution in [3.8, 4) is 5.75 Å². The molecule has 4 unspecified atom stereocenters. The minimum absolute atomic E-state index is 0.0226. The number of carbonyl (C=O) groups is 2. The van der Waals surface area contributed by atoms with E-state index in [1.165, 1.54) is 30.6 Å². The Balaban J connectivity index is 1.22. The molecule has 0 saturated heterocycles. The normalized spacial score (nSPS) is 24.9. The van der Waals surface area contributed by atoms with Crippen molar-refractivity contribution in [1.82, 2.24) is 4.98 Å². The van der Waals surface area contributed by atoms with Gasteiger partial charge in [0.2, 0.25) is 0 Å². The van der Waals surface area contributed by atoms with E-state index in [-0.39, 0.29) is 23.3 Å². The second-order valence-corrected chi connectivity index (χ2v) is 13.1. The zero-order chi connectivity index (χ0) is 26.4. The van der Waals surface area contributed by atoms with Crippen molar-refractivity contribution in [2.24, 2.45) is 17.8 Å². The van der Waals surface area contributed by atoms with Gasteiger partial charge in [0.1, 0.15) is 5.75 Å². The number of hydrogen-bond donors (Lipinski definition) is 2. The number of esters is 1. The number of amides is 1. The van der Waals surface area contributed by atoms with Gasteiger partial charge in [-0.2, -0.15) is 0 Å². The number of anilines is 1. The lowest BCUT2D eigenvalue weighted by Crippen LogP contribution is -2.34. The number of H-pyrrole nitrogens is 1. The largest absolute Gasteiger partial charge is 0.483 e. The lowest BCUT2D eigenvalue weighted by atomic mass is 9.74. The van der Waals surface area contributed by atoms with Gasteiger partial charge in [-0.1, -0.05) is 27.3 Å². The second kappa shape index (κ2) is 10.5. The number of aromatic nitrogens is 1. The summed E-state index contributed by atoms with van der Waals surface area (Å²) in [5.41, 5.74) is 2.01.